The smallest absolute Gasteiger partial charge is 0.267 e. The molecule has 0 saturated heterocycles. The van der Waals surface area contributed by atoms with Crippen LogP contribution in [0.5, 0.6) is 0 Å². The summed E-state index contributed by atoms with van der Waals surface area (Å²) in [7, 11) is 0. The SMILES string of the molecule is CC(=O)N(/C=C(/C#N)C(=O)Nc1ccc(Cl)c(Cl)c1)c1ccc(N)cc1. The number of benzene rings is 2. The molecule has 2 aromatic carbocycles. The van der Waals surface area contributed by atoms with Gasteiger partial charge in [-0.05, 0) is 42.5 Å². The molecule has 0 aromatic heterocycles. The summed E-state index contributed by atoms with van der Waals surface area (Å²) in [5.74, 6) is -1.06. The van der Waals surface area contributed by atoms with Crippen molar-refractivity contribution in [2.24, 2.45) is 0 Å². The van der Waals surface area contributed by atoms with Gasteiger partial charge >= 0.3 is 0 Å². The maximum Gasteiger partial charge on any atom is 0.267 e. The molecule has 0 atom stereocenters. The van der Waals surface area contributed by atoms with Gasteiger partial charge in [0.1, 0.15) is 11.6 Å². The van der Waals surface area contributed by atoms with E-state index in [4.69, 9.17) is 28.9 Å². The van der Waals surface area contributed by atoms with Crippen LogP contribution < -0.4 is 16.0 Å². The van der Waals surface area contributed by atoms with Gasteiger partial charge in [-0.3, -0.25) is 14.5 Å². The average Bonchev–Trinajstić information content (AvgIpc) is 2.60. The van der Waals surface area contributed by atoms with Gasteiger partial charge < -0.3 is 11.1 Å². The minimum absolute atomic E-state index is 0.261. The normalized spacial score (nSPS) is 10.8. The Hall–Kier alpha value is -3.01. The van der Waals surface area contributed by atoms with Crippen LogP contribution in [0, 0.1) is 11.3 Å². The summed E-state index contributed by atoms with van der Waals surface area (Å²) >= 11 is 11.7. The Morgan fingerprint density at radius 2 is 1.81 bits per heavy atom. The molecule has 0 aliphatic rings. The van der Waals surface area contributed by atoms with E-state index in [0.717, 1.165) is 0 Å². The molecule has 2 rings (SSSR count). The van der Waals surface area contributed by atoms with E-state index in [9.17, 15) is 14.9 Å². The Morgan fingerprint density at radius 1 is 1.15 bits per heavy atom. The van der Waals surface area contributed by atoms with Gasteiger partial charge in [0, 0.05) is 30.2 Å². The van der Waals surface area contributed by atoms with Crippen molar-refractivity contribution in [1.29, 1.82) is 5.26 Å². The lowest BCUT2D eigenvalue weighted by molar-refractivity contribution is -0.116. The van der Waals surface area contributed by atoms with Crippen molar-refractivity contribution in [3.05, 3.63) is 64.3 Å². The highest BCUT2D eigenvalue weighted by atomic mass is 35.5. The van der Waals surface area contributed by atoms with E-state index in [-0.39, 0.29) is 16.5 Å². The van der Waals surface area contributed by atoms with Crippen molar-refractivity contribution in [1.82, 2.24) is 0 Å². The molecule has 0 saturated carbocycles. The molecule has 26 heavy (non-hydrogen) atoms. The third kappa shape index (κ3) is 4.76. The molecule has 0 radical (unpaired) electrons. The largest absolute Gasteiger partial charge is 0.399 e. The minimum Gasteiger partial charge on any atom is -0.399 e. The highest BCUT2D eigenvalue weighted by Crippen LogP contribution is 2.25. The van der Waals surface area contributed by atoms with Gasteiger partial charge in [-0.15, -0.1) is 0 Å². The zero-order chi connectivity index (χ0) is 19.3. The molecular weight excluding hydrogens is 375 g/mol. The summed E-state index contributed by atoms with van der Waals surface area (Å²) in [6, 6.07) is 12.8. The van der Waals surface area contributed by atoms with E-state index in [1.54, 1.807) is 36.4 Å². The van der Waals surface area contributed by atoms with Crippen molar-refractivity contribution < 1.29 is 9.59 Å². The minimum atomic E-state index is -0.687. The molecule has 0 aliphatic heterocycles. The van der Waals surface area contributed by atoms with Gasteiger partial charge in [-0.1, -0.05) is 23.2 Å². The standard InChI is InChI=1S/C18H14Cl2N4O2/c1-11(25)24(15-5-2-13(22)3-6-15)10-12(9-21)18(26)23-14-4-7-16(19)17(20)8-14/h2-8,10H,22H2,1H3,(H,23,26)/b12-10-. The quantitative estimate of drug-likeness (QED) is 0.470. The highest BCUT2D eigenvalue weighted by molar-refractivity contribution is 6.42. The number of nitrogen functional groups attached to an aromatic ring is 1. The molecule has 0 spiro atoms. The number of nitrogens with zero attached hydrogens (tertiary/aromatic N) is 2. The topological polar surface area (TPSA) is 99.2 Å². The number of hydrogen-bond acceptors (Lipinski definition) is 4. The molecule has 6 nitrogen and oxygen atoms in total. The Morgan fingerprint density at radius 3 is 2.35 bits per heavy atom. The van der Waals surface area contributed by atoms with E-state index in [2.05, 4.69) is 5.32 Å². The van der Waals surface area contributed by atoms with Crippen molar-refractivity contribution in [3.8, 4) is 6.07 Å². The predicted molar refractivity (Wildman–Crippen MR) is 103 cm³/mol. The van der Waals surface area contributed by atoms with Crippen LogP contribution in [0.1, 0.15) is 6.92 Å². The zero-order valence-corrected chi connectivity index (χ0v) is 15.2. The first-order valence-electron chi connectivity index (χ1n) is 7.35. The van der Waals surface area contributed by atoms with Gasteiger partial charge in [0.15, 0.2) is 0 Å². The molecule has 2 aromatic rings. The number of nitrogens with two attached hydrogens (primary N) is 1. The summed E-state index contributed by atoms with van der Waals surface area (Å²) in [6.45, 7) is 1.32. The first-order valence-corrected chi connectivity index (χ1v) is 8.11. The number of nitrogens with one attached hydrogen (secondary N) is 1. The molecule has 0 fully saturated rings. The summed E-state index contributed by atoms with van der Waals surface area (Å²) in [5, 5.41) is 12.4. The molecular formula is C18H14Cl2N4O2. The van der Waals surface area contributed by atoms with Crippen LogP contribution in [0.25, 0.3) is 0 Å². The monoisotopic (exact) mass is 388 g/mol. The summed E-state index contributed by atoms with van der Waals surface area (Å²) in [4.78, 5) is 25.5. The fraction of sp³-hybridized carbons (Fsp3) is 0.0556. The van der Waals surface area contributed by atoms with Crippen molar-refractivity contribution in [2.75, 3.05) is 16.0 Å². The summed E-state index contributed by atoms with van der Waals surface area (Å²) < 4.78 is 0. The molecule has 8 heteroatoms. The van der Waals surface area contributed by atoms with Crippen LogP contribution in [0.3, 0.4) is 0 Å². The Bertz CT molecular complexity index is 918. The van der Waals surface area contributed by atoms with Crippen LogP contribution in [0.2, 0.25) is 10.0 Å². The summed E-state index contributed by atoms with van der Waals surface area (Å²) in [5.41, 5.74) is 6.74. The van der Waals surface area contributed by atoms with Gasteiger partial charge in [0.25, 0.3) is 5.91 Å². The number of carbonyl (C=O) groups excluding carboxylic acids is 2. The molecule has 2 amide bonds. The molecule has 3 N–H and O–H groups in total. The molecule has 0 heterocycles. The Labute approximate surface area is 160 Å². The van der Waals surface area contributed by atoms with Crippen molar-refractivity contribution in [3.63, 3.8) is 0 Å². The van der Waals surface area contributed by atoms with E-state index in [1.165, 1.54) is 30.2 Å². The Kier molecular flexibility index (Phi) is 6.23. The lowest BCUT2D eigenvalue weighted by Crippen LogP contribution is -2.25. The predicted octanol–water partition coefficient (Wildman–Crippen LogP) is 3.97. The van der Waals surface area contributed by atoms with Gasteiger partial charge in [-0.25, -0.2) is 0 Å². The number of anilines is 3. The molecule has 0 unspecified atom stereocenters. The van der Waals surface area contributed by atoms with Crippen molar-refractivity contribution >= 4 is 52.1 Å². The van der Waals surface area contributed by atoms with Gasteiger partial charge in [0.05, 0.1) is 10.0 Å². The van der Waals surface area contributed by atoms with Crippen molar-refractivity contribution in [2.45, 2.75) is 6.92 Å². The third-order valence-electron chi connectivity index (χ3n) is 3.31. The Balaban J connectivity index is 2.29. The summed E-state index contributed by atoms with van der Waals surface area (Å²) in [6.07, 6.45) is 1.17. The van der Waals surface area contributed by atoms with Crippen LogP contribution in [-0.4, -0.2) is 11.8 Å². The lowest BCUT2D eigenvalue weighted by Gasteiger charge is -2.17. The fourth-order valence-electron chi connectivity index (χ4n) is 2.02. The van der Waals surface area contributed by atoms with Crippen LogP contribution >= 0.6 is 23.2 Å². The second-order valence-corrected chi connectivity index (χ2v) is 6.03. The number of hydrogen-bond donors (Lipinski definition) is 2. The maximum absolute atomic E-state index is 12.3. The second-order valence-electron chi connectivity index (χ2n) is 5.22. The van der Waals surface area contributed by atoms with Crippen LogP contribution in [0.15, 0.2) is 54.2 Å². The number of nitriles is 1. The second kappa shape index (κ2) is 8.39. The molecule has 0 bridgehead atoms. The number of carbonyl (C=O) groups is 2. The number of amides is 2. The van der Waals surface area contributed by atoms with E-state index < -0.39 is 5.91 Å². The highest BCUT2D eigenvalue weighted by Gasteiger charge is 2.16. The maximum atomic E-state index is 12.3. The van der Waals surface area contributed by atoms with Gasteiger partial charge in [0.2, 0.25) is 5.91 Å². The average molecular weight is 389 g/mol. The first-order chi connectivity index (χ1) is 12.3. The molecule has 0 aliphatic carbocycles. The third-order valence-corrected chi connectivity index (χ3v) is 4.05. The van der Waals surface area contributed by atoms with E-state index >= 15 is 0 Å². The lowest BCUT2D eigenvalue weighted by atomic mass is 10.2. The number of rotatable bonds is 4. The van der Waals surface area contributed by atoms with Crippen LogP contribution in [0.4, 0.5) is 17.1 Å². The molecule has 132 valence electrons. The van der Waals surface area contributed by atoms with E-state index in [1.807, 2.05) is 0 Å². The van der Waals surface area contributed by atoms with Gasteiger partial charge in [-0.2, -0.15) is 5.26 Å². The zero-order valence-electron chi connectivity index (χ0n) is 13.7. The first kappa shape index (κ1) is 19.3. The van der Waals surface area contributed by atoms with E-state index in [0.29, 0.717) is 22.1 Å². The number of halogens is 2. The van der Waals surface area contributed by atoms with Crippen LogP contribution in [-0.2, 0) is 9.59 Å². The fourth-order valence-corrected chi connectivity index (χ4v) is 2.32.